The third-order valence-electron chi connectivity index (χ3n) is 1.83. The molecule has 1 unspecified atom stereocenters. The first-order valence-corrected chi connectivity index (χ1v) is 6.45. The maximum Gasteiger partial charge on any atom is 0.119 e. The van der Waals surface area contributed by atoms with Crippen LogP contribution in [0.15, 0.2) is 30.3 Å². The molecule has 0 aliphatic rings. The summed E-state index contributed by atoms with van der Waals surface area (Å²) in [5, 5.41) is 0. The van der Waals surface area contributed by atoms with E-state index in [1.54, 1.807) is 0 Å². The van der Waals surface area contributed by atoms with E-state index >= 15 is 0 Å². The van der Waals surface area contributed by atoms with Crippen LogP contribution in [0, 0.1) is 0 Å². The predicted molar refractivity (Wildman–Crippen MR) is 67.5 cm³/mol. The zero-order valence-corrected chi connectivity index (χ0v) is 10.0. The Labute approximate surface area is 96.2 Å². The zero-order chi connectivity index (χ0) is 10.9. The normalized spacial score (nSPS) is 12.4. The maximum absolute atomic E-state index is 5.65. The minimum atomic E-state index is 0.296. The molecule has 3 heteroatoms. The summed E-state index contributed by atoms with van der Waals surface area (Å²) < 4.78 is 5.57. The molecule has 2 N–H and O–H groups in total. The fraction of sp³-hybridized carbons (Fsp3) is 0.500. The number of benzene rings is 1. The van der Waals surface area contributed by atoms with E-state index in [1.165, 1.54) is 0 Å². The minimum Gasteiger partial charge on any atom is -0.494 e. The first-order chi connectivity index (χ1) is 7.29. The van der Waals surface area contributed by atoms with Crippen LogP contribution in [0.1, 0.15) is 13.3 Å². The predicted octanol–water partition coefficient (Wildman–Crippen LogP) is 2.54. The van der Waals surface area contributed by atoms with Gasteiger partial charge < -0.3 is 10.5 Å². The van der Waals surface area contributed by atoms with Crippen LogP contribution < -0.4 is 10.5 Å². The van der Waals surface area contributed by atoms with E-state index in [1.807, 2.05) is 49.0 Å². The zero-order valence-electron chi connectivity index (χ0n) is 9.19. The molecule has 84 valence electrons. The topological polar surface area (TPSA) is 35.2 Å². The lowest BCUT2D eigenvalue weighted by Crippen LogP contribution is -2.17. The van der Waals surface area contributed by atoms with Crippen molar-refractivity contribution in [3.63, 3.8) is 0 Å². The van der Waals surface area contributed by atoms with Gasteiger partial charge in [0, 0.05) is 11.8 Å². The van der Waals surface area contributed by atoms with Gasteiger partial charge in [0.05, 0.1) is 6.61 Å². The highest BCUT2D eigenvalue weighted by Gasteiger charge is 1.95. The van der Waals surface area contributed by atoms with Gasteiger partial charge >= 0.3 is 0 Å². The van der Waals surface area contributed by atoms with Crippen molar-refractivity contribution in [1.82, 2.24) is 0 Å². The molecule has 1 atom stereocenters. The monoisotopic (exact) mass is 225 g/mol. The first-order valence-electron chi connectivity index (χ1n) is 5.30. The van der Waals surface area contributed by atoms with E-state index in [4.69, 9.17) is 10.5 Å². The van der Waals surface area contributed by atoms with Crippen molar-refractivity contribution in [2.75, 3.05) is 18.1 Å². The second-order valence-electron chi connectivity index (χ2n) is 3.57. The van der Waals surface area contributed by atoms with Crippen molar-refractivity contribution in [1.29, 1.82) is 0 Å². The Morgan fingerprint density at radius 1 is 1.33 bits per heavy atom. The van der Waals surface area contributed by atoms with E-state index < -0.39 is 0 Å². The van der Waals surface area contributed by atoms with Gasteiger partial charge in [0.1, 0.15) is 5.75 Å². The highest BCUT2D eigenvalue weighted by atomic mass is 32.2. The van der Waals surface area contributed by atoms with Crippen LogP contribution in [0.5, 0.6) is 5.75 Å². The largest absolute Gasteiger partial charge is 0.494 e. The van der Waals surface area contributed by atoms with Crippen LogP contribution in [0.3, 0.4) is 0 Å². The van der Waals surface area contributed by atoms with Crippen molar-refractivity contribution >= 4 is 11.8 Å². The molecule has 0 fully saturated rings. The number of thioether (sulfide) groups is 1. The summed E-state index contributed by atoms with van der Waals surface area (Å²) in [4.78, 5) is 0. The SMILES string of the molecule is CC(N)CSCCCOc1ccccc1. The van der Waals surface area contributed by atoms with Crippen molar-refractivity contribution in [3.05, 3.63) is 30.3 Å². The summed E-state index contributed by atoms with van der Waals surface area (Å²) in [6.07, 6.45) is 1.08. The summed E-state index contributed by atoms with van der Waals surface area (Å²) in [5.41, 5.74) is 5.65. The van der Waals surface area contributed by atoms with Gasteiger partial charge in [0.25, 0.3) is 0 Å². The average molecular weight is 225 g/mol. The molecule has 1 aromatic rings. The lowest BCUT2D eigenvalue weighted by molar-refractivity contribution is 0.318. The lowest BCUT2D eigenvalue weighted by Gasteiger charge is -2.06. The van der Waals surface area contributed by atoms with Gasteiger partial charge in [-0.2, -0.15) is 11.8 Å². The summed E-state index contributed by atoms with van der Waals surface area (Å²) in [7, 11) is 0. The molecule has 0 bridgehead atoms. The van der Waals surface area contributed by atoms with Crippen molar-refractivity contribution in [3.8, 4) is 5.75 Å². The number of rotatable bonds is 7. The summed E-state index contributed by atoms with van der Waals surface area (Å²) in [6, 6.07) is 10.2. The first kappa shape index (κ1) is 12.4. The number of nitrogens with two attached hydrogens (primary N) is 1. The number of para-hydroxylation sites is 1. The van der Waals surface area contributed by atoms with Crippen LogP contribution in [0.2, 0.25) is 0 Å². The van der Waals surface area contributed by atoms with Crippen molar-refractivity contribution in [2.45, 2.75) is 19.4 Å². The minimum absolute atomic E-state index is 0.296. The standard InChI is InChI=1S/C12H19NOS/c1-11(13)10-15-9-5-8-14-12-6-3-2-4-7-12/h2-4,6-7,11H,5,8-10,13H2,1H3. The van der Waals surface area contributed by atoms with Crippen LogP contribution >= 0.6 is 11.8 Å². The van der Waals surface area contributed by atoms with Gasteiger partial charge in [-0.3, -0.25) is 0 Å². The summed E-state index contributed by atoms with van der Waals surface area (Å²) in [5.74, 6) is 3.11. The molecule has 0 spiro atoms. The molecule has 0 aliphatic heterocycles. The van der Waals surface area contributed by atoms with E-state index in [2.05, 4.69) is 0 Å². The van der Waals surface area contributed by atoms with E-state index in [0.29, 0.717) is 6.04 Å². The van der Waals surface area contributed by atoms with Gasteiger partial charge in [0.2, 0.25) is 0 Å². The fourth-order valence-corrected chi connectivity index (χ4v) is 2.00. The molecule has 1 aromatic carbocycles. The van der Waals surface area contributed by atoms with E-state index in [0.717, 1.165) is 30.3 Å². The third-order valence-corrected chi connectivity index (χ3v) is 3.16. The van der Waals surface area contributed by atoms with Gasteiger partial charge in [-0.25, -0.2) is 0 Å². The van der Waals surface area contributed by atoms with E-state index in [9.17, 15) is 0 Å². The van der Waals surface area contributed by atoms with Crippen molar-refractivity contribution in [2.24, 2.45) is 5.73 Å². The van der Waals surface area contributed by atoms with Gasteiger partial charge in [0.15, 0.2) is 0 Å². The van der Waals surface area contributed by atoms with Crippen LogP contribution in [-0.2, 0) is 0 Å². The van der Waals surface area contributed by atoms with E-state index in [-0.39, 0.29) is 0 Å². The Balaban J connectivity index is 1.98. The molecule has 2 nitrogen and oxygen atoms in total. The molecular formula is C12H19NOS. The molecule has 15 heavy (non-hydrogen) atoms. The van der Waals surface area contributed by atoms with Crippen LogP contribution in [-0.4, -0.2) is 24.2 Å². The van der Waals surface area contributed by atoms with Crippen LogP contribution in [0.25, 0.3) is 0 Å². The maximum atomic E-state index is 5.65. The molecule has 0 aliphatic carbocycles. The smallest absolute Gasteiger partial charge is 0.119 e. The second kappa shape index (κ2) is 7.60. The number of hydrogen-bond donors (Lipinski definition) is 1. The highest BCUT2D eigenvalue weighted by molar-refractivity contribution is 7.99. The molecular weight excluding hydrogens is 206 g/mol. The van der Waals surface area contributed by atoms with Gasteiger partial charge in [-0.15, -0.1) is 0 Å². The molecule has 0 radical (unpaired) electrons. The number of hydrogen-bond acceptors (Lipinski definition) is 3. The van der Waals surface area contributed by atoms with Gasteiger partial charge in [-0.1, -0.05) is 18.2 Å². The Hall–Kier alpha value is -0.670. The Morgan fingerprint density at radius 2 is 2.07 bits per heavy atom. The third kappa shape index (κ3) is 6.42. The molecule has 0 amide bonds. The summed E-state index contributed by atoms with van der Waals surface area (Å²) in [6.45, 7) is 2.82. The highest BCUT2D eigenvalue weighted by Crippen LogP contribution is 2.09. The Bertz CT molecular complexity index is 251. The molecule has 0 saturated carbocycles. The van der Waals surface area contributed by atoms with Gasteiger partial charge in [-0.05, 0) is 31.2 Å². The molecule has 0 aromatic heterocycles. The Morgan fingerprint density at radius 3 is 2.73 bits per heavy atom. The molecule has 0 heterocycles. The number of ether oxygens (including phenoxy) is 1. The molecule has 0 saturated heterocycles. The fourth-order valence-electron chi connectivity index (χ4n) is 1.14. The molecule has 1 rings (SSSR count). The summed E-state index contributed by atoms with van der Waals surface area (Å²) >= 11 is 1.89. The van der Waals surface area contributed by atoms with Crippen LogP contribution in [0.4, 0.5) is 0 Å². The van der Waals surface area contributed by atoms with Crippen molar-refractivity contribution < 1.29 is 4.74 Å². The average Bonchev–Trinajstić information content (AvgIpc) is 2.24. The Kier molecular flexibility index (Phi) is 6.28. The second-order valence-corrected chi connectivity index (χ2v) is 4.72. The quantitative estimate of drug-likeness (QED) is 0.724. The lowest BCUT2D eigenvalue weighted by atomic mass is 10.3.